The maximum Gasteiger partial charge on any atom is 0.348 e. The van der Waals surface area contributed by atoms with E-state index in [1.807, 2.05) is 43.3 Å². The second-order valence-electron chi connectivity index (χ2n) is 5.60. The number of hydrogen-bond donors (Lipinski definition) is 1. The lowest BCUT2D eigenvalue weighted by molar-refractivity contribution is -0.379. The average Bonchev–Trinajstić information content (AvgIpc) is 3.09. The van der Waals surface area contributed by atoms with Crippen molar-refractivity contribution in [2.24, 2.45) is 0 Å². The fourth-order valence-electron chi connectivity index (χ4n) is 2.37. The number of methoxy groups -OCH3 is 1. The second-order valence-corrected chi connectivity index (χ2v) is 6.63. The largest absolute Gasteiger partial charge is 0.465 e. The summed E-state index contributed by atoms with van der Waals surface area (Å²) in [5, 5.41) is 14.1. The Morgan fingerprint density at radius 3 is 2.56 bits per heavy atom. The SMILES string of the molecule is COC(=O)c1cc(Nc2ccc(C)c(Oc3ccccc3)c2)c([N+](=O)[O-])s1. The van der Waals surface area contributed by atoms with Crippen LogP contribution < -0.4 is 10.1 Å². The molecule has 1 heterocycles. The molecule has 3 aromatic rings. The average molecular weight is 384 g/mol. The van der Waals surface area contributed by atoms with Gasteiger partial charge in [0.25, 0.3) is 0 Å². The number of carbonyl (C=O) groups excluding carboxylic acids is 1. The Hall–Kier alpha value is -3.39. The number of esters is 1. The number of nitrogens with zero attached hydrogens (tertiary/aromatic N) is 1. The van der Waals surface area contributed by atoms with Crippen LogP contribution >= 0.6 is 11.3 Å². The van der Waals surface area contributed by atoms with Crippen LogP contribution in [0, 0.1) is 17.0 Å². The number of nitrogens with one attached hydrogen (secondary N) is 1. The van der Waals surface area contributed by atoms with Crippen molar-refractivity contribution in [3.05, 3.63) is 75.2 Å². The van der Waals surface area contributed by atoms with Gasteiger partial charge in [0.1, 0.15) is 22.1 Å². The van der Waals surface area contributed by atoms with Gasteiger partial charge in [0.05, 0.1) is 12.0 Å². The fourth-order valence-corrected chi connectivity index (χ4v) is 3.21. The second kappa shape index (κ2) is 7.88. The number of carbonyl (C=O) groups is 1. The Balaban J connectivity index is 1.90. The molecule has 2 aromatic carbocycles. The maximum absolute atomic E-state index is 11.7. The van der Waals surface area contributed by atoms with Crippen molar-refractivity contribution in [2.75, 3.05) is 12.4 Å². The van der Waals surface area contributed by atoms with Crippen molar-refractivity contribution in [3.63, 3.8) is 0 Å². The van der Waals surface area contributed by atoms with Gasteiger partial charge in [-0.1, -0.05) is 35.6 Å². The van der Waals surface area contributed by atoms with E-state index < -0.39 is 10.9 Å². The molecule has 1 aromatic heterocycles. The quantitative estimate of drug-likeness (QED) is 0.353. The molecule has 27 heavy (non-hydrogen) atoms. The molecule has 0 aliphatic heterocycles. The Kier molecular flexibility index (Phi) is 5.37. The third kappa shape index (κ3) is 4.24. The first-order chi connectivity index (χ1) is 13.0. The van der Waals surface area contributed by atoms with E-state index in [0.717, 1.165) is 16.9 Å². The number of rotatable bonds is 6. The third-order valence-electron chi connectivity index (χ3n) is 3.70. The van der Waals surface area contributed by atoms with Gasteiger partial charge in [-0.05, 0) is 36.8 Å². The molecule has 1 N–H and O–H groups in total. The van der Waals surface area contributed by atoms with Crippen molar-refractivity contribution >= 4 is 33.7 Å². The highest BCUT2D eigenvalue weighted by Crippen LogP contribution is 2.38. The summed E-state index contributed by atoms with van der Waals surface area (Å²) in [5.41, 5.74) is 1.74. The first-order valence-electron chi connectivity index (χ1n) is 7.95. The summed E-state index contributed by atoms with van der Waals surface area (Å²) in [5.74, 6) is 0.692. The highest BCUT2D eigenvalue weighted by atomic mass is 32.1. The molecular formula is C19H16N2O5S. The number of benzene rings is 2. The Labute approximate surface area is 159 Å². The van der Waals surface area contributed by atoms with Gasteiger partial charge in [-0.3, -0.25) is 10.1 Å². The molecule has 7 nitrogen and oxygen atoms in total. The van der Waals surface area contributed by atoms with E-state index in [4.69, 9.17) is 4.74 Å². The van der Waals surface area contributed by atoms with Crippen LogP contribution in [0.1, 0.15) is 15.2 Å². The summed E-state index contributed by atoms with van der Waals surface area (Å²) in [7, 11) is 1.23. The molecule has 0 amide bonds. The van der Waals surface area contributed by atoms with Gasteiger partial charge >= 0.3 is 11.0 Å². The van der Waals surface area contributed by atoms with Crippen LogP contribution in [0.3, 0.4) is 0 Å². The van der Waals surface area contributed by atoms with Crippen LogP contribution in [0.4, 0.5) is 16.4 Å². The number of thiophene rings is 1. The number of ether oxygens (including phenoxy) is 2. The van der Waals surface area contributed by atoms with Crippen molar-refractivity contribution < 1.29 is 19.2 Å². The molecule has 0 fully saturated rings. The van der Waals surface area contributed by atoms with Crippen molar-refractivity contribution in [2.45, 2.75) is 6.92 Å². The van der Waals surface area contributed by atoms with E-state index in [2.05, 4.69) is 10.1 Å². The van der Waals surface area contributed by atoms with Gasteiger partial charge in [-0.15, -0.1) is 0 Å². The summed E-state index contributed by atoms with van der Waals surface area (Å²) >= 11 is 0.762. The topological polar surface area (TPSA) is 90.7 Å². The van der Waals surface area contributed by atoms with E-state index >= 15 is 0 Å². The summed E-state index contributed by atoms with van der Waals surface area (Å²) in [6.45, 7) is 1.91. The monoisotopic (exact) mass is 384 g/mol. The minimum absolute atomic E-state index is 0.152. The lowest BCUT2D eigenvalue weighted by Gasteiger charge is -2.11. The van der Waals surface area contributed by atoms with Crippen LogP contribution in [0.5, 0.6) is 11.5 Å². The summed E-state index contributed by atoms with van der Waals surface area (Å²) in [6.07, 6.45) is 0. The molecular weight excluding hydrogens is 368 g/mol. The summed E-state index contributed by atoms with van der Waals surface area (Å²) in [4.78, 5) is 22.6. The van der Waals surface area contributed by atoms with Crippen LogP contribution in [-0.2, 0) is 4.74 Å². The van der Waals surface area contributed by atoms with Gasteiger partial charge in [0, 0.05) is 11.8 Å². The molecule has 0 aliphatic carbocycles. The molecule has 0 aliphatic rings. The molecule has 3 rings (SSSR count). The van der Waals surface area contributed by atoms with Crippen molar-refractivity contribution in [1.29, 1.82) is 0 Å². The zero-order chi connectivity index (χ0) is 19.4. The number of para-hydroxylation sites is 1. The summed E-state index contributed by atoms with van der Waals surface area (Å²) < 4.78 is 10.5. The number of aryl methyl sites for hydroxylation is 1. The molecule has 8 heteroatoms. The number of nitro groups is 1. The highest BCUT2D eigenvalue weighted by Gasteiger charge is 2.23. The zero-order valence-electron chi connectivity index (χ0n) is 14.6. The molecule has 0 unspecified atom stereocenters. The standard InChI is InChI=1S/C19H16N2O5S/c1-12-8-9-13(10-16(12)26-14-6-4-3-5-7-14)20-15-11-17(19(22)25-2)27-18(15)21(23)24/h3-11,20H,1-2H3. The van der Waals surface area contributed by atoms with Crippen molar-refractivity contribution in [3.8, 4) is 11.5 Å². The normalized spacial score (nSPS) is 10.3. The lowest BCUT2D eigenvalue weighted by atomic mass is 10.2. The molecule has 0 atom stereocenters. The van der Waals surface area contributed by atoms with Crippen LogP contribution in [0.2, 0.25) is 0 Å². The molecule has 138 valence electrons. The Morgan fingerprint density at radius 1 is 1.15 bits per heavy atom. The third-order valence-corrected chi connectivity index (χ3v) is 4.77. The van der Waals surface area contributed by atoms with E-state index in [9.17, 15) is 14.9 Å². The van der Waals surface area contributed by atoms with E-state index in [1.165, 1.54) is 13.2 Å². The molecule has 0 radical (unpaired) electrons. The Morgan fingerprint density at radius 2 is 1.89 bits per heavy atom. The van der Waals surface area contributed by atoms with Gasteiger partial charge < -0.3 is 14.8 Å². The van der Waals surface area contributed by atoms with Crippen LogP contribution in [0.25, 0.3) is 0 Å². The highest BCUT2D eigenvalue weighted by molar-refractivity contribution is 7.17. The smallest absolute Gasteiger partial charge is 0.348 e. The number of hydrogen-bond acceptors (Lipinski definition) is 7. The first kappa shape index (κ1) is 18.4. The lowest BCUT2D eigenvalue weighted by Crippen LogP contribution is -1.97. The predicted octanol–water partition coefficient (Wildman–Crippen LogP) is 5.29. The van der Waals surface area contributed by atoms with Crippen LogP contribution in [-0.4, -0.2) is 18.0 Å². The molecule has 0 spiro atoms. The maximum atomic E-state index is 11.7. The summed E-state index contributed by atoms with van der Waals surface area (Å²) in [6, 6.07) is 16.1. The molecule has 0 bridgehead atoms. The first-order valence-corrected chi connectivity index (χ1v) is 8.76. The van der Waals surface area contributed by atoms with Gasteiger partial charge in [-0.2, -0.15) is 0 Å². The van der Waals surface area contributed by atoms with Crippen LogP contribution in [0.15, 0.2) is 54.6 Å². The van der Waals surface area contributed by atoms with Gasteiger partial charge in [0.15, 0.2) is 0 Å². The van der Waals surface area contributed by atoms with E-state index in [0.29, 0.717) is 17.2 Å². The number of anilines is 2. The van der Waals surface area contributed by atoms with Crippen molar-refractivity contribution in [1.82, 2.24) is 0 Å². The van der Waals surface area contributed by atoms with Gasteiger partial charge in [0.2, 0.25) is 0 Å². The molecule has 0 saturated carbocycles. The molecule has 0 saturated heterocycles. The minimum atomic E-state index is -0.617. The van der Waals surface area contributed by atoms with Gasteiger partial charge in [-0.25, -0.2) is 4.79 Å². The Bertz CT molecular complexity index is 985. The fraction of sp³-hybridized carbons (Fsp3) is 0.105. The zero-order valence-corrected chi connectivity index (χ0v) is 15.4. The van der Waals surface area contributed by atoms with E-state index in [1.54, 1.807) is 12.1 Å². The minimum Gasteiger partial charge on any atom is -0.465 e. The van der Waals surface area contributed by atoms with E-state index in [-0.39, 0.29) is 15.6 Å². The predicted molar refractivity (Wildman–Crippen MR) is 103 cm³/mol.